The molecule has 1 aliphatic rings. The van der Waals surface area contributed by atoms with E-state index in [2.05, 4.69) is 26.5 Å². The maximum atomic E-state index is 11.4. The van der Waals surface area contributed by atoms with Gasteiger partial charge in [0.25, 0.3) is 0 Å². The van der Waals surface area contributed by atoms with E-state index in [1.807, 2.05) is 0 Å². The molecule has 1 saturated heterocycles. The van der Waals surface area contributed by atoms with E-state index in [4.69, 9.17) is 10.00 Å². The Kier molecular flexibility index (Phi) is 4.35. The van der Waals surface area contributed by atoms with Crippen LogP contribution >= 0.6 is 0 Å². The maximum absolute atomic E-state index is 11.4. The van der Waals surface area contributed by atoms with Crippen LogP contribution in [0.25, 0.3) is 16.9 Å². The molecule has 0 aliphatic carbocycles. The van der Waals surface area contributed by atoms with E-state index < -0.39 is 4.92 Å². The summed E-state index contributed by atoms with van der Waals surface area (Å²) in [4.78, 5) is 19.4. The second kappa shape index (κ2) is 6.97. The molecule has 3 aromatic rings. The highest BCUT2D eigenvalue weighted by atomic mass is 16.6. The average molecular weight is 365 g/mol. The number of fused-ring (bicyclic) bond motifs is 1. The van der Waals surface area contributed by atoms with Crippen molar-refractivity contribution >= 4 is 17.0 Å². The van der Waals surface area contributed by atoms with Gasteiger partial charge >= 0.3 is 5.69 Å². The second-order valence-electron chi connectivity index (χ2n) is 6.13. The number of hydrogen-bond donors (Lipinski definition) is 1. The average Bonchev–Trinajstić information content (AvgIpc) is 3.11. The molecule has 1 aliphatic heterocycles. The Morgan fingerprint density at radius 1 is 1.37 bits per heavy atom. The van der Waals surface area contributed by atoms with Gasteiger partial charge in [-0.3, -0.25) is 10.1 Å². The Morgan fingerprint density at radius 3 is 2.93 bits per heavy atom. The number of ether oxygens (including phenoxy) is 1. The molecule has 4 rings (SSSR count). The summed E-state index contributed by atoms with van der Waals surface area (Å²) in [5, 5.41) is 27.9. The highest BCUT2D eigenvalue weighted by molar-refractivity contribution is 5.77. The van der Waals surface area contributed by atoms with E-state index in [9.17, 15) is 10.1 Å². The summed E-state index contributed by atoms with van der Waals surface area (Å²) in [6, 6.07) is 5.46. The lowest BCUT2D eigenvalue weighted by atomic mass is 10.1. The SMILES string of the molecule is N#Cc1ccn2ncc(-c3ncc([N+](=O)[O-])c(NC4CCOCC4)n3)c2c1. The molecular formula is C17H15N7O3. The molecule has 0 atom stereocenters. The first kappa shape index (κ1) is 16.9. The Hall–Kier alpha value is -3.58. The number of anilines is 1. The number of nitriles is 1. The first-order chi connectivity index (χ1) is 13.2. The molecule has 10 nitrogen and oxygen atoms in total. The molecule has 0 spiro atoms. The van der Waals surface area contributed by atoms with Gasteiger partial charge in [-0.2, -0.15) is 10.4 Å². The zero-order valence-corrected chi connectivity index (χ0v) is 14.2. The summed E-state index contributed by atoms with van der Waals surface area (Å²) >= 11 is 0. The van der Waals surface area contributed by atoms with Crippen LogP contribution in [0.15, 0.2) is 30.7 Å². The minimum atomic E-state index is -0.505. The van der Waals surface area contributed by atoms with Gasteiger partial charge in [0, 0.05) is 25.5 Å². The Morgan fingerprint density at radius 2 is 2.19 bits per heavy atom. The van der Waals surface area contributed by atoms with Crippen LogP contribution in [0.2, 0.25) is 0 Å². The summed E-state index contributed by atoms with van der Waals surface area (Å²) in [5.74, 6) is 0.480. The number of nitrogens with zero attached hydrogens (tertiary/aromatic N) is 6. The van der Waals surface area contributed by atoms with Crippen LogP contribution in [0.3, 0.4) is 0 Å². The maximum Gasteiger partial charge on any atom is 0.329 e. The third kappa shape index (κ3) is 3.28. The van der Waals surface area contributed by atoms with Crippen molar-refractivity contribution < 1.29 is 9.66 Å². The van der Waals surface area contributed by atoms with Gasteiger partial charge in [-0.05, 0) is 25.0 Å². The number of aromatic nitrogens is 4. The van der Waals surface area contributed by atoms with Crippen molar-refractivity contribution in [1.29, 1.82) is 5.26 Å². The number of nitrogens with one attached hydrogen (secondary N) is 1. The van der Waals surface area contributed by atoms with Crippen LogP contribution < -0.4 is 5.32 Å². The van der Waals surface area contributed by atoms with E-state index in [1.54, 1.807) is 29.0 Å². The minimum Gasteiger partial charge on any atom is -0.381 e. The first-order valence-corrected chi connectivity index (χ1v) is 8.39. The molecule has 0 bridgehead atoms. The molecular weight excluding hydrogens is 350 g/mol. The summed E-state index contributed by atoms with van der Waals surface area (Å²) in [6.07, 6.45) is 5.94. The highest BCUT2D eigenvalue weighted by Gasteiger charge is 2.23. The van der Waals surface area contributed by atoms with Crippen molar-refractivity contribution in [1.82, 2.24) is 19.6 Å². The molecule has 27 heavy (non-hydrogen) atoms. The number of hydrogen-bond acceptors (Lipinski definition) is 8. The smallest absolute Gasteiger partial charge is 0.329 e. The van der Waals surface area contributed by atoms with E-state index in [-0.39, 0.29) is 17.5 Å². The van der Waals surface area contributed by atoms with Crippen molar-refractivity contribution in [2.45, 2.75) is 18.9 Å². The Labute approximate surface area is 153 Å². The van der Waals surface area contributed by atoms with Gasteiger partial charge in [-0.25, -0.2) is 14.5 Å². The van der Waals surface area contributed by atoms with Gasteiger partial charge in [-0.1, -0.05) is 0 Å². The van der Waals surface area contributed by atoms with E-state index in [0.29, 0.717) is 35.7 Å². The van der Waals surface area contributed by atoms with E-state index in [1.165, 1.54) is 6.20 Å². The van der Waals surface area contributed by atoms with Crippen molar-refractivity contribution in [2.24, 2.45) is 0 Å². The monoisotopic (exact) mass is 365 g/mol. The number of pyridine rings is 1. The standard InChI is InChI=1S/C17H15N7O3/c18-8-11-1-4-23-14(7-11)13(9-20-23)16-19-10-15(24(25)26)17(22-16)21-12-2-5-27-6-3-12/h1,4,7,9-10,12H,2-3,5-6H2,(H,19,21,22). The minimum absolute atomic E-state index is 0.0503. The largest absolute Gasteiger partial charge is 0.381 e. The van der Waals surface area contributed by atoms with Gasteiger partial charge < -0.3 is 10.1 Å². The lowest BCUT2D eigenvalue weighted by Gasteiger charge is -2.23. The Balaban J connectivity index is 1.76. The summed E-state index contributed by atoms with van der Waals surface area (Å²) < 4.78 is 6.93. The second-order valence-corrected chi connectivity index (χ2v) is 6.13. The van der Waals surface area contributed by atoms with Crippen LogP contribution in [0.5, 0.6) is 0 Å². The predicted octanol–water partition coefficient (Wildman–Crippen LogP) is 2.16. The summed E-state index contributed by atoms with van der Waals surface area (Å²) in [5.41, 5.74) is 1.54. The van der Waals surface area contributed by atoms with Crippen LogP contribution in [-0.2, 0) is 4.74 Å². The van der Waals surface area contributed by atoms with Gasteiger partial charge in [0.15, 0.2) is 5.82 Å². The number of nitro groups is 1. The molecule has 1 N–H and O–H groups in total. The van der Waals surface area contributed by atoms with Gasteiger partial charge in [-0.15, -0.1) is 0 Å². The lowest BCUT2D eigenvalue weighted by molar-refractivity contribution is -0.384. The third-order valence-electron chi connectivity index (χ3n) is 4.42. The third-order valence-corrected chi connectivity index (χ3v) is 4.42. The predicted molar refractivity (Wildman–Crippen MR) is 95.1 cm³/mol. The van der Waals surface area contributed by atoms with Crippen LogP contribution in [0, 0.1) is 21.4 Å². The van der Waals surface area contributed by atoms with Crippen molar-refractivity contribution in [3.8, 4) is 17.5 Å². The molecule has 3 aromatic heterocycles. The van der Waals surface area contributed by atoms with Gasteiger partial charge in [0.1, 0.15) is 6.20 Å². The molecule has 1 fully saturated rings. The van der Waals surface area contributed by atoms with Crippen LogP contribution in [-0.4, -0.2) is 43.8 Å². The molecule has 0 unspecified atom stereocenters. The fraction of sp³-hybridized carbons (Fsp3) is 0.294. The summed E-state index contributed by atoms with van der Waals surface area (Å²) in [7, 11) is 0. The fourth-order valence-corrected chi connectivity index (χ4v) is 3.00. The van der Waals surface area contributed by atoms with E-state index >= 15 is 0 Å². The van der Waals surface area contributed by atoms with Crippen LogP contribution in [0.4, 0.5) is 11.5 Å². The summed E-state index contributed by atoms with van der Waals surface area (Å²) in [6.45, 7) is 1.21. The molecule has 10 heteroatoms. The number of rotatable bonds is 4. The molecule has 0 amide bonds. The topological polar surface area (TPSA) is 131 Å². The Bertz CT molecular complexity index is 1050. The van der Waals surface area contributed by atoms with Gasteiger partial charge in [0.05, 0.1) is 33.8 Å². The normalized spacial score (nSPS) is 14.8. The highest BCUT2D eigenvalue weighted by Crippen LogP contribution is 2.28. The molecule has 4 heterocycles. The first-order valence-electron chi connectivity index (χ1n) is 8.39. The van der Waals surface area contributed by atoms with Crippen molar-refractivity contribution in [3.05, 3.63) is 46.4 Å². The molecule has 136 valence electrons. The van der Waals surface area contributed by atoms with Crippen LogP contribution in [0.1, 0.15) is 18.4 Å². The quantitative estimate of drug-likeness (QED) is 0.549. The van der Waals surface area contributed by atoms with Gasteiger partial charge in [0.2, 0.25) is 5.82 Å². The van der Waals surface area contributed by atoms with Crippen molar-refractivity contribution in [3.63, 3.8) is 0 Å². The fourth-order valence-electron chi connectivity index (χ4n) is 3.00. The zero-order valence-electron chi connectivity index (χ0n) is 14.2. The molecule has 0 saturated carbocycles. The zero-order chi connectivity index (χ0) is 18.8. The van der Waals surface area contributed by atoms with Crippen molar-refractivity contribution in [2.75, 3.05) is 18.5 Å². The molecule has 0 aromatic carbocycles. The molecule has 0 radical (unpaired) electrons. The lowest BCUT2D eigenvalue weighted by Crippen LogP contribution is -2.28. The van der Waals surface area contributed by atoms with E-state index in [0.717, 1.165) is 12.8 Å².